The molecule has 0 saturated carbocycles. The second-order valence-corrected chi connectivity index (χ2v) is 8.98. The quantitative estimate of drug-likeness (QED) is 0.208. The first-order valence-electron chi connectivity index (χ1n) is 12.5. The van der Waals surface area contributed by atoms with Crippen molar-refractivity contribution in [2.75, 3.05) is 18.5 Å². The summed E-state index contributed by atoms with van der Waals surface area (Å²) >= 11 is 0. The Morgan fingerprint density at radius 3 is 1.95 bits per heavy atom. The van der Waals surface area contributed by atoms with Gasteiger partial charge in [-0.25, -0.2) is 15.0 Å². The summed E-state index contributed by atoms with van der Waals surface area (Å²) < 4.78 is 6.90. The first-order valence-corrected chi connectivity index (χ1v) is 12.5. The molecule has 2 aromatic heterocycles. The van der Waals surface area contributed by atoms with E-state index in [-0.39, 0.29) is 25.2 Å². The fourth-order valence-corrected chi connectivity index (χ4v) is 4.83. The number of anilines is 1. The Kier molecular flexibility index (Phi) is 7.42. The SMILES string of the molecule is CC(=O)OCCC(CO)n1cnc2c(NC(c3ccccc3)(c3ccccc3)c3ccccc3)ncnc21. The highest BCUT2D eigenvalue weighted by Gasteiger charge is 2.37. The Bertz CT molecular complexity index is 1390. The van der Waals surface area contributed by atoms with E-state index in [0.29, 0.717) is 23.4 Å². The Morgan fingerprint density at radius 1 is 0.895 bits per heavy atom. The molecule has 192 valence electrons. The number of imidazole rings is 1. The number of carbonyl (C=O) groups is 1. The van der Waals surface area contributed by atoms with E-state index in [1.54, 1.807) is 10.9 Å². The first-order chi connectivity index (χ1) is 18.6. The summed E-state index contributed by atoms with van der Waals surface area (Å²) in [6.07, 6.45) is 3.57. The van der Waals surface area contributed by atoms with E-state index >= 15 is 0 Å². The standard InChI is InChI=1S/C30H29N5O3/c1-22(37)38-18-17-26(19-36)35-21-33-27-28(31-20-32-29(27)35)34-30(23-11-5-2-6-12-23,24-13-7-3-8-14-24)25-15-9-4-10-16-25/h2-16,20-21,26,36H,17-19H2,1H3,(H,31,32,34). The number of esters is 1. The van der Waals surface area contributed by atoms with Gasteiger partial charge in [0.15, 0.2) is 11.5 Å². The summed E-state index contributed by atoms with van der Waals surface area (Å²) in [6, 6.07) is 30.4. The van der Waals surface area contributed by atoms with Gasteiger partial charge in [-0.1, -0.05) is 91.0 Å². The van der Waals surface area contributed by atoms with Gasteiger partial charge >= 0.3 is 5.97 Å². The maximum absolute atomic E-state index is 11.2. The smallest absolute Gasteiger partial charge is 0.302 e. The predicted molar refractivity (Wildman–Crippen MR) is 146 cm³/mol. The molecule has 0 saturated heterocycles. The van der Waals surface area contributed by atoms with E-state index < -0.39 is 5.54 Å². The molecule has 2 heterocycles. The summed E-state index contributed by atoms with van der Waals surface area (Å²) in [7, 11) is 0. The third-order valence-electron chi connectivity index (χ3n) is 6.65. The number of benzene rings is 3. The summed E-state index contributed by atoms with van der Waals surface area (Å²) in [6.45, 7) is 1.40. The van der Waals surface area contributed by atoms with Crippen molar-refractivity contribution in [1.29, 1.82) is 0 Å². The molecule has 5 rings (SSSR count). The molecule has 2 N–H and O–H groups in total. The largest absolute Gasteiger partial charge is 0.466 e. The molecule has 1 atom stereocenters. The van der Waals surface area contributed by atoms with Crippen LogP contribution in [0.5, 0.6) is 0 Å². The number of fused-ring (bicyclic) bond motifs is 1. The number of aromatic nitrogens is 4. The number of nitrogens with one attached hydrogen (secondary N) is 1. The van der Waals surface area contributed by atoms with Crippen LogP contribution in [-0.4, -0.2) is 43.8 Å². The van der Waals surface area contributed by atoms with E-state index in [0.717, 1.165) is 16.7 Å². The Balaban J connectivity index is 1.64. The van der Waals surface area contributed by atoms with Gasteiger partial charge in [0.1, 0.15) is 17.4 Å². The van der Waals surface area contributed by atoms with Gasteiger partial charge in [-0.15, -0.1) is 0 Å². The average Bonchev–Trinajstić information content (AvgIpc) is 3.40. The highest BCUT2D eigenvalue weighted by atomic mass is 16.5. The normalized spacial score (nSPS) is 12.3. The number of nitrogens with zero attached hydrogens (tertiary/aromatic N) is 4. The fraction of sp³-hybridized carbons (Fsp3) is 0.200. The molecule has 38 heavy (non-hydrogen) atoms. The lowest BCUT2D eigenvalue weighted by Gasteiger charge is -2.37. The molecule has 0 aliphatic carbocycles. The minimum absolute atomic E-state index is 0.151. The molecule has 8 heteroatoms. The number of aliphatic hydroxyl groups is 1. The van der Waals surface area contributed by atoms with Crippen molar-refractivity contribution in [3.05, 3.63) is 120 Å². The maximum atomic E-state index is 11.2. The lowest BCUT2D eigenvalue weighted by Crippen LogP contribution is -2.38. The van der Waals surface area contributed by atoms with Gasteiger partial charge in [0.2, 0.25) is 0 Å². The first kappa shape index (κ1) is 25.1. The molecular formula is C30H29N5O3. The zero-order valence-electron chi connectivity index (χ0n) is 21.1. The highest BCUT2D eigenvalue weighted by Crippen LogP contribution is 2.40. The Morgan fingerprint density at radius 2 is 1.45 bits per heavy atom. The van der Waals surface area contributed by atoms with Crippen molar-refractivity contribution in [2.45, 2.75) is 24.9 Å². The van der Waals surface area contributed by atoms with Crippen molar-refractivity contribution < 1.29 is 14.6 Å². The van der Waals surface area contributed by atoms with Gasteiger partial charge in [0.05, 0.1) is 25.6 Å². The average molecular weight is 508 g/mol. The van der Waals surface area contributed by atoms with E-state index in [1.807, 2.05) is 54.6 Å². The highest BCUT2D eigenvalue weighted by molar-refractivity contribution is 5.84. The van der Waals surface area contributed by atoms with E-state index in [9.17, 15) is 9.90 Å². The second kappa shape index (κ2) is 11.2. The summed E-state index contributed by atoms with van der Waals surface area (Å²) in [4.78, 5) is 25.0. The molecule has 0 fully saturated rings. The number of hydrogen-bond donors (Lipinski definition) is 2. The molecule has 5 aromatic rings. The van der Waals surface area contributed by atoms with Crippen LogP contribution >= 0.6 is 0 Å². The third kappa shape index (κ3) is 4.86. The molecule has 0 spiro atoms. The van der Waals surface area contributed by atoms with Gasteiger partial charge in [-0.2, -0.15) is 0 Å². The van der Waals surface area contributed by atoms with Gasteiger partial charge < -0.3 is 19.7 Å². The van der Waals surface area contributed by atoms with Gasteiger partial charge in [0, 0.05) is 13.3 Å². The van der Waals surface area contributed by atoms with Crippen molar-refractivity contribution >= 4 is 23.0 Å². The van der Waals surface area contributed by atoms with Gasteiger partial charge in [0.25, 0.3) is 0 Å². The molecular weight excluding hydrogens is 478 g/mol. The zero-order valence-corrected chi connectivity index (χ0v) is 21.1. The van der Waals surface area contributed by atoms with Gasteiger partial charge in [-0.3, -0.25) is 4.79 Å². The molecule has 0 amide bonds. The van der Waals surface area contributed by atoms with E-state index in [1.165, 1.54) is 13.3 Å². The summed E-state index contributed by atoms with van der Waals surface area (Å²) in [5, 5.41) is 13.8. The lowest BCUT2D eigenvalue weighted by atomic mass is 9.77. The lowest BCUT2D eigenvalue weighted by molar-refractivity contribution is -0.141. The van der Waals surface area contributed by atoms with Crippen molar-refractivity contribution in [3.8, 4) is 0 Å². The van der Waals surface area contributed by atoms with Crippen LogP contribution in [0, 0.1) is 0 Å². The topological polar surface area (TPSA) is 102 Å². The van der Waals surface area contributed by atoms with E-state index in [4.69, 9.17) is 4.74 Å². The number of rotatable bonds is 10. The fourth-order valence-electron chi connectivity index (χ4n) is 4.83. The van der Waals surface area contributed by atoms with Gasteiger partial charge in [-0.05, 0) is 16.7 Å². The molecule has 8 nitrogen and oxygen atoms in total. The van der Waals surface area contributed by atoms with Crippen LogP contribution in [-0.2, 0) is 15.1 Å². The molecule has 0 aliphatic rings. The zero-order chi connectivity index (χ0) is 26.4. The van der Waals surface area contributed by atoms with Crippen molar-refractivity contribution in [1.82, 2.24) is 19.5 Å². The summed E-state index contributed by atoms with van der Waals surface area (Å²) in [5.74, 6) is 0.201. The van der Waals surface area contributed by atoms with Crippen molar-refractivity contribution in [3.63, 3.8) is 0 Å². The number of carbonyl (C=O) groups excluding carboxylic acids is 1. The van der Waals surface area contributed by atoms with E-state index in [2.05, 4.69) is 56.7 Å². The van der Waals surface area contributed by atoms with Crippen LogP contribution < -0.4 is 5.32 Å². The molecule has 1 unspecified atom stereocenters. The predicted octanol–water partition coefficient (Wildman–Crippen LogP) is 4.72. The monoisotopic (exact) mass is 507 g/mol. The third-order valence-corrected chi connectivity index (χ3v) is 6.65. The Labute approximate surface area is 221 Å². The maximum Gasteiger partial charge on any atom is 0.302 e. The molecule has 3 aromatic carbocycles. The molecule has 0 radical (unpaired) electrons. The van der Waals surface area contributed by atoms with Crippen LogP contribution in [0.2, 0.25) is 0 Å². The minimum Gasteiger partial charge on any atom is -0.466 e. The van der Waals surface area contributed by atoms with Crippen LogP contribution in [0.4, 0.5) is 5.82 Å². The van der Waals surface area contributed by atoms with Crippen LogP contribution in [0.3, 0.4) is 0 Å². The van der Waals surface area contributed by atoms with Crippen LogP contribution in [0.25, 0.3) is 11.2 Å². The Hall–Kier alpha value is -4.56. The van der Waals surface area contributed by atoms with Crippen LogP contribution in [0.15, 0.2) is 104 Å². The minimum atomic E-state index is -0.777. The van der Waals surface area contributed by atoms with Crippen molar-refractivity contribution in [2.24, 2.45) is 0 Å². The van der Waals surface area contributed by atoms with Crippen LogP contribution in [0.1, 0.15) is 36.1 Å². The molecule has 0 bridgehead atoms. The summed E-state index contributed by atoms with van der Waals surface area (Å²) in [5.41, 5.74) is 3.49. The number of aliphatic hydroxyl groups excluding tert-OH is 1. The second-order valence-electron chi connectivity index (χ2n) is 8.98. The molecule has 0 aliphatic heterocycles. The number of ether oxygens (including phenoxy) is 1. The number of hydrogen-bond acceptors (Lipinski definition) is 7.